The van der Waals surface area contributed by atoms with Gasteiger partial charge in [0.1, 0.15) is 42.0 Å². The molecule has 3 aromatic carbocycles. The van der Waals surface area contributed by atoms with Crippen LogP contribution in [0.1, 0.15) is 21.6 Å². The van der Waals surface area contributed by atoms with E-state index in [0.717, 1.165) is 16.5 Å². The van der Waals surface area contributed by atoms with Crippen molar-refractivity contribution >= 4 is 44.6 Å². The summed E-state index contributed by atoms with van der Waals surface area (Å²) in [6.07, 6.45) is 2.96. The summed E-state index contributed by atoms with van der Waals surface area (Å²) in [7, 11) is 3.05. The Bertz CT molecular complexity index is 2360. The van der Waals surface area contributed by atoms with Crippen LogP contribution in [0.3, 0.4) is 0 Å². The lowest BCUT2D eigenvalue weighted by atomic mass is 10.0. The van der Waals surface area contributed by atoms with Crippen LogP contribution < -0.4 is 16.0 Å². The Labute approximate surface area is 267 Å². The number of fused-ring (bicyclic) bond motifs is 4. The SMILES string of the molecule is COCn1cccc(-c2c(C(=O)OCc3ccc(OC)cc3)n(Cc3cc(N)nc4ccccc34)c3cc(F)c4ccoc4c23)c1=O. The monoisotopic (exact) mass is 632 g/mol. The van der Waals surface area contributed by atoms with Crippen LogP contribution in [0.5, 0.6) is 5.75 Å². The van der Waals surface area contributed by atoms with Crippen LogP contribution in [0.25, 0.3) is 43.9 Å². The molecule has 4 aromatic heterocycles. The van der Waals surface area contributed by atoms with Crippen molar-refractivity contribution in [2.45, 2.75) is 19.9 Å². The maximum Gasteiger partial charge on any atom is 0.355 e. The van der Waals surface area contributed by atoms with Gasteiger partial charge in [0.15, 0.2) is 0 Å². The first kappa shape index (κ1) is 29.8. The number of para-hydroxylation sites is 1. The summed E-state index contributed by atoms with van der Waals surface area (Å²) in [6.45, 7) is -0.0146. The maximum atomic E-state index is 15.7. The predicted octanol–water partition coefficient (Wildman–Crippen LogP) is 6.50. The molecule has 2 N–H and O–H groups in total. The number of hydrogen-bond donors (Lipinski definition) is 1. The average molecular weight is 633 g/mol. The van der Waals surface area contributed by atoms with Crippen molar-refractivity contribution in [1.82, 2.24) is 14.1 Å². The summed E-state index contributed by atoms with van der Waals surface area (Å²) in [4.78, 5) is 32.7. The molecular formula is C36H29FN4O6. The molecule has 0 aliphatic heterocycles. The quantitative estimate of drug-likeness (QED) is 0.179. The average Bonchev–Trinajstić information content (AvgIpc) is 3.69. The van der Waals surface area contributed by atoms with Gasteiger partial charge in [0, 0.05) is 30.8 Å². The summed E-state index contributed by atoms with van der Waals surface area (Å²) in [5, 5.41) is 1.39. The van der Waals surface area contributed by atoms with Gasteiger partial charge in [-0.25, -0.2) is 14.2 Å². The molecule has 10 nitrogen and oxygen atoms in total. The maximum absolute atomic E-state index is 15.7. The topological polar surface area (TPSA) is 124 Å². The van der Waals surface area contributed by atoms with Gasteiger partial charge < -0.3 is 28.9 Å². The van der Waals surface area contributed by atoms with Crippen LogP contribution in [-0.4, -0.2) is 34.3 Å². The molecule has 47 heavy (non-hydrogen) atoms. The number of halogens is 1. The largest absolute Gasteiger partial charge is 0.497 e. The Morgan fingerprint density at radius 3 is 2.60 bits per heavy atom. The molecule has 0 amide bonds. The third-order valence-electron chi connectivity index (χ3n) is 8.15. The minimum absolute atomic E-state index is 0.0182. The zero-order valence-electron chi connectivity index (χ0n) is 25.5. The van der Waals surface area contributed by atoms with Gasteiger partial charge in [0.05, 0.1) is 40.7 Å². The summed E-state index contributed by atoms with van der Waals surface area (Å²) in [6, 6.07) is 22.5. The zero-order valence-corrected chi connectivity index (χ0v) is 25.5. The minimum Gasteiger partial charge on any atom is -0.497 e. The lowest BCUT2D eigenvalue weighted by Crippen LogP contribution is -2.23. The molecule has 7 aromatic rings. The highest BCUT2D eigenvalue weighted by atomic mass is 19.1. The van der Waals surface area contributed by atoms with Gasteiger partial charge in [-0.15, -0.1) is 0 Å². The van der Waals surface area contributed by atoms with E-state index in [9.17, 15) is 9.59 Å². The fourth-order valence-corrected chi connectivity index (χ4v) is 6.02. The highest BCUT2D eigenvalue weighted by Crippen LogP contribution is 2.41. The molecule has 11 heteroatoms. The number of benzene rings is 3. The van der Waals surface area contributed by atoms with Gasteiger partial charge in [-0.05, 0) is 59.7 Å². The molecule has 0 atom stereocenters. The lowest BCUT2D eigenvalue weighted by molar-refractivity contribution is 0.0462. The number of hydrogen-bond acceptors (Lipinski definition) is 8. The Morgan fingerprint density at radius 1 is 1.00 bits per heavy atom. The summed E-state index contributed by atoms with van der Waals surface area (Å²) < 4.78 is 41.0. The number of esters is 1. The highest BCUT2D eigenvalue weighted by Gasteiger charge is 2.30. The molecular weight excluding hydrogens is 603 g/mol. The van der Waals surface area contributed by atoms with Crippen LogP contribution in [0, 0.1) is 5.82 Å². The number of carbonyl (C=O) groups excluding carboxylic acids is 1. The van der Waals surface area contributed by atoms with Gasteiger partial charge in [-0.2, -0.15) is 0 Å². The number of nitrogen functional groups attached to an aromatic ring is 1. The van der Waals surface area contributed by atoms with E-state index in [0.29, 0.717) is 22.2 Å². The molecule has 0 unspecified atom stereocenters. The Hall–Kier alpha value is -5.94. The van der Waals surface area contributed by atoms with Crippen molar-refractivity contribution in [2.75, 3.05) is 20.0 Å². The smallest absolute Gasteiger partial charge is 0.355 e. The molecule has 0 bridgehead atoms. The summed E-state index contributed by atoms with van der Waals surface area (Å²) >= 11 is 0. The number of methoxy groups -OCH3 is 2. The molecule has 0 saturated carbocycles. The van der Waals surface area contributed by atoms with Gasteiger partial charge in [-0.3, -0.25) is 9.36 Å². The molecule has 0 saturated heterocycles. The van der Waals surface area contributed by atoms with Crippen LogP contribution >= 0.6 is 0 Å². The third kappa shape index (κ3) is 5.26. The van der Waals surface area contributed by atoms with Crippen LogP contribution in [0.4, 0.5) is 10.2 Å². The van der Waals surface area contributed by atoms with Crippen molar-refractivity contribution in [3.63, 3.8) is 0 Å². The summed E-state index contributed by atoms with van der Waals surface area (Å²) in [5.41, 5.74) is 8.92. The molecule has 0 aliphatic carbocycles. The van der Waals surface area contributed by atoms with E-state index in [1.165, 1.54) is 30.1 Å². The Kier molecular flexibility index (Phi) is 7.66. The molecule has 0 radical (unpaired) electrons. The number of carbonyl (C=O) groups is 1. The second-order valence-corrected chi connectivity index (χ2v) is 11.0. The number of nitrogens with two attached hydrogens (primary N) is 1. The summed E-state index contributed by atoms with van der Waals surface area (Å²) in [5.74, 6) is -0.329. The van der Waals surface area contributed by atoms with Crippen molar-refractivity contribution in [3.8, 4) is 16.9 Å². The van der Waals surface area contributed by atoms with E-state index in [2.05, 4.69) is 4.98 Å². The van der Waals surface area contributed by atoms with Crippen LogP contribution in [0.2, 0.25) is 0 Å². The van der Waals surface area contributed by atoms with E-state index in [4.69, 9.17) is 24.4 Å². The zero-order chi connectivity index (χ0) is 32.7. The normalized spacial score (nSPS) is 11.5. The van der Waals surface area contributed by atoms with E-state index in [1.54, 1.807) is 60.3 Å². The number of rotatable bonds is 9. The van der Waals surface area contributed by atoms with Gasteiger partial charge in [-0.1, -0.05) is 30.3 Å². The van der Waals surface area contributed by atoms with E-state index in [1.807, 2.05) is 24.3 Å². The van der Waals surface area contributed by atoms with Crippen molar-refractivity contribution < 1.29 is 27.8 Å². The third-order valence-corrected chi connectivity index (χ3v) is 8.15. The molecule has 7 rings (SSSR count). The molecule has 0 aliphatic rings. The van der Waals surface area contributed by atoms with Crippen molar-refractivity contribution in [3.05, 3.63) is 124 Å². The predicted molar refractivity (Wildman–Crippen MR) is 176 cm³/mol. The van der Waals surface area contributed by atoms with E-state index in [-0.39, 0.29) is 53.5 Å². The van der Waals surface area contributed by atoms with Gasteiger partial charge in [0.25, 0.3) is 5.56 Å². The first-order chi connectivity index (χ1) is 22.9. The number of furan rings is 1. The standard InChI is InChI=1S/C36H29FN4O6/c1-44-20-40-14-5-7-26(35(40)42)31-32-29(17-27(37)25-13-15-46-34(25)32)41(18-22-16-30(38)39-28-8-4-3-6-24(22)28)33(31)36(43)47-19-21-9-11-23(45-2)12-10-21/h3-17H,18-20H2,1-2H3,(H2,38,39). The van der Waals surface area contributed by atoms with E-state index < -0.39 is 17.3 Å². The second-order valence-electron chi connectivity index (χ2n) is 11.0. The molecule has 236 valence electrons. The fourth-order valence-electron chi connectivity index (χ4n) is 6.02. The first-order valence-electron chi connectivity index (χ1n) is 14.7. The number of anilines is 1. The molecule has 0 spiro atoms. The number of nitrogens with zero attached hydrogens (tertiary/aromatic N) is 3. The van der Waals surface area contributed by atoms with Crippen molar-refractivity contribution in [1.29, 1.82) is 0 Å². The van der Waals surface area contributed by atoms with E-state index >= 15 is 4.39 Å². The second kappa shape index (κ2) is 12.1. The first-order valence-corrected chi connectivity index (χ1v) is 14.7. The van der Waals surface area contributed by atoms with Crippen LogP contribution in [0.15, 0.2) is 101 Å². The minimum atomic E-state index is -0.722. The van der Waals surface area contributed by atoms with Gasteiger partial charge >= 0.3 is 5.97 Å². The van der Waals surface area contributed by atoms with Gasteiger partial charge in [0.2, 0.25) is 0 Å². The highest BCUT2D eigenvalue weighted by molar-refractivity contribution is 6.17. The number of ether oxygens (including phenoxy) is 3. The molecule has 0 fully saturated rings. The lowest BCUT2D eigenvalue weighted by Gasteiger charge is -2.15. The van der Waals surface area contributed by atoms with Crippen LogP contribution in [-0.2, 0) is 29.4 Å². The number of pyridine rings is 2. The van der Waals surface area contributed by atoms with Crippen molar-refractivity contribution in [2.24, 2.45) is 0 Å². The number of aromatic nitrogens is 3. The Morgan fingerprint density at radius 2 is 1.81 bits per heavy atom. The Balaban J connectivity index is 1.51. The molecule has 4 heterocycles. The fraction of sp³-hybridized carbons (Fsp3) is 0.139.